The predicted molar refractivity (Wildman–Crippen MR) is 66.2 cm³/mol. The fourth-order valence-electron chi connectivity index (χ4n) is 1.84. The SMILES string of the molecule is NC(=O)C1(c2ccccc2)C(=O)NC(=S)NC1=O. The number of hydrogen-bond donors (Lipinski definition) is 3. The first-order valence-electron chi connectivity index (χ1n) is 5.02. The van der Waals surface area contributed by atoms with E-state index in [1.807, 2.05) is 0 Å². The summed E-state index contributed by atoms with van der Waals surface area (Å²) in [5.74, 6) is -2.73. The highest BCUT2D eigenvalue weighted by atomic mass is 32.1. The molecule has 92 valence electrons. The van der Waals surface area contributed by atoms with E-state index in [1.54, 1.807) is 18.2 Å². The maximum Gasteiger partial charge on any atom is 0.256 e. The summed E-state index contributed by atoms with van der Waals surface area (Å²) in [4.78, 5) is 35.7. The minimum absolute atomic E-state index is 0.141. The average Bonchev–Trinajstić information content (AvgIpc) is 2.29. The summed E-state index contributed by atoms with van der Waals surface area (Å²) in [5, 5.41) is 4.34. The number of rotatable bonds is 2. The van der Waals surface area contributed by atoms with Crippen LogP contribution in [0.3, 0.4) is 0 Å². The van der Waals surface area contributed by atoms with Gasteiger partial charge in [0.15, 0.2) is 5.11 Å². The van der Waals surface area contributed by atoms with Gasteiger partial charge in [0.2, 0.25) is 11.3 Å². The maximum atomic E-state index is 12.0. The number of primary amides is 1. The van der Waals surface area contributed by atoms with E-state index >= 15 is 0 Å². The van der Waals surface area contributed by atoms with Gasteiger partial charge in [-0.15, -0.1) is 0 Å². The Bertz CT molecular complexity index is 536. The maximum absolute atomic E-state index is 12.0. The van der Waals surface area contributed by atoms with Crippen molar-refractivity contribution in [1.29, 1.82) is 0 Å². The van der Waals surface area contributed by atoms with Crippen LogP contribution in [0.25, 0.3) is 0 Å². The van der Waals surface area contributed by atoms with Gasteiger partial charge in [-0.1, -0.05) is 30.3 Å². The Balaban J connectivity index is 2.65. The van der Waals surface area contributed by atoms with Crippen molar-refractivity contribution in [2.24, 2.45) is 5.73 Å². The summed E-state index contributed by atoms with van der Waals surface area (Å²) in [6, 6.07) is 7.87. The average molecular weight is 263 g/mol. The molecule has 0 saturated carbocycles. The number of amides is 3. The van der Waals surface area contributed by atoms with Crippen molar-refractivity contribution in [2.75, 3.05) is 0 Å². The number of carbonyl (C=O) groups excluding carboxylic acids is 3. The Kier molecular flexibility index (Phi) is 2.84. The third kappa shape index (κ3) is 1.56. The second kappa shape index (κ2) is 4.19. The monoisotopic (exact) mass is 263 g/mol. The van der Waals surface area contributed by atoms with Crippen molar-refractivity contribution in [1.82, 2.24) is 10.6 Å². The lowest BCUT2D eigenvalue weighted by Gasteiger charge is -2.32. The van der Waals surface area contributed by atoms with E-state index in [2.05, 4.69) is 22.9 Å². The third-order valence-corrected chi connectivity index (χ3v) is 2.92. The zero-order valence-electron chi connectivity index (χ0n) is 9.10. The first-order valence-corrected chi connectivity index (χ1v) is 5.42. The minimum atomic E-state index is -2.08. The van der Waals surface area contributed by atoms with E-state index in [0.29, 0.717) is 0 Å². The molecule has 1 aromatic carbocycles. The van der Waals surface area contributed by atoms with Crippen LogP contribution in [0.15, 0.2) is 30.3 Å². The van der Waals surface area contributed by atoms with Crippen LogP contribution in [0.5, 0.6) is 0 Å². The van der Waals surface area contributed by atoms with Crippen molar-refractivity contribution in [3.05, 3.63) is 35.9 Å². The summed E-state index contributed by atoms with van der Waals surface area (Å²) in [7, 11) is 0. The highest BCUT2D eigenvalue weighted by Crippen LogP contribution is 2.26. The van der Waals surface area contributed by atoms with Gasteiger partial charge in [0.1, 0.15) is 0 Å². The van der Waals surface area contributed by atoms with Gasteiger partial charge in [-0.05, 0) is 17.8 Å². The lowest BCUT2D eigenvalue weighted by molar-refractivity contribution is -0.144. The molecule has 1 heterocycles. The van der Waals surface area contributed by atoms with Gasteiger partial charge in [-0.3, -0.25) is 14.4 Å². The normalized spacial score (nSPS) is 17.9. The molecule has 1 aliphatic heterocycles. The van der Waals surface area contributed by atoms with Gasteiger partial charge in [0.05, 0.1) is 0 Å². The van der Waals surface area contributed by atoms with Crippen molar-refractivity contribution < 1.29 is 14.4 Å². The molecule has 0 spiro atoms. The minimum Gasteiger partial charge on any atom is -0.368 e. The van der Waals surface area contributed by atoms with Crippen molar-refractivity contribution in [2.45, 2.75) is 5.41 Å². The van der Waals surface area contributed by atoms with Crippen LogP contribution in [0, 0.1) is 0 Å². The molecule has 0 bridgehead atoms. The molecule has 0 aliphatic carbocycles. The first kappa shape index (κ1) is 12.2. The van der Waals surface area contributed by atoms with E-state index in [9.17, 15) is 14.4 Å². The van der Waals surface area contributed by atoms with Crippen LogP contribution < -0.4 is 16.4 Å². The van der Waals surface area contributed by atoms with Crippen molar-refractivity contribution in [3.63, 3.8) is 0 Å². The molecule has 0 unspecified atom stereocenters. The zero-order valence-corrected chi connectivity index (χ0v) is 9.91. The zero-order chi connectivity index (χ0) is 13.3. The Hall–Kier alpha value is -2.28. The van der Waals surface area contributed by atoms with E-state index < -0.39 is 23.1 Å². The smallest absolute Gasteiger partial charge is 0.256 e. The molecule has 0 aromatic heterocycles. The van der Waals surface area contributed by atoms with Crippen LogP contribution in [0.4, 0.5) is 0 Å². The Morgan fingerprint density at radius 3 is 2.06 bits per heavy atom. The Morgan fingerprint density at radius 2 is 1.61 bits per heavy atom. The van der Waals surface area contributed by atoms with E-state index in [4.69, 9.17) is 5.73 Å². The topological polar surface area (TPSA) is 101 Å². The van der Waals surface area contributed by atoms with Gasteiger partial charge in [-0.25, -0.2) is 0 Å². The van der Waals surface area contributed by atoms with Gasteiger partial charge in [-0.2, -0.15) is 0 Å². The molecule has 2 rings (SSSR count). The highest BCUT2D eigenvalue weighted by Gasteiger charge is 2.56. The van der Waals surface area contributed by atoms with Crippen LogP contribution in [-0.2, 0) is 19.8 Å². The fraction of sp³-hybridized carbons (Fsp3) is 0.0909. The lowest BCUT2D eigenvalue weighted by Crippen LogP contribution is -2.69. The molecule has 4 N–H and O–H groups in total. The number of nitrogens with one attached hydrogen (secondary N) is 2. The van der Waals surface area contributed by atoms with Crippen LogP contribution in [0.2, 0.25) is 0 Å². The second-order valence-electron chi connectivity index (χ2n) is 3.72. The molecule has 1 aliphatic rings. The highest BCUT2D eigenvalue weighted by molar-refractivity contribution is 7.80. The molecule has 1 aromatic rings. The second-order valence-corrected chi connectivity index (χ2v) is 4.13. The molecule has 0 radical (unpaired) electrons. The number of hydrogen-bond acceptors (Lipinski definition) is 4. The number of benzene rings is 1. The summed E-state index contributed by atoms with van der Waals surface area (Å²) in [6.45, 7) is 0. The summed E-state index contributed by atoms with van der Waals surface area (Å²) < 4.78 is 0. The quantitative estimate of drug-likeness (QED) is 0.467. The van der Waals surface area contributed by atoms with Crippen LogP contribution >= 0.6 is 12.2 Å². The van der Waals surface area contributed by atoms with Crippen LogP contribution in [0.1, 0.15) is 5.56 Å². The summed E-state index contributed by atoms with van der Waals surface area (Å²) >= 11 is 4.68. The number of nitrogens with two attached hydrogens (primary N) is 1. The van der Waals surface area contributed by atoms with Gasteiger partial charge >= 0.3 is 0 Å². The van der Waals surface area contributed by atoms with Gasteiger partial charge in [0.25, 0.3) is 11.8 Å². The van der Waals surface area contributed by atoms with Gasteiger partial charge in [0, 0.05) is 0 Å². The summed E-state index contributed by atoms with van der Waals surface area (Å²) in [6.07, 6.45) is 0. The predicted octanol–water partition coefficient (Wildman–Crippen LogP) is -1.06. The molecular weight excluding hydrogens is 254 g/mol. The molecule has 6 nitrogen and oxygen atoms in total. The Morgan fingerprint density at radius 1 is 1.11 bits per heavy atom. The summed E-state index contributed by atoms with van der Waals surface area (Å²) in [5.41, 5.74) is 3.38. The molecule has 3 amide bonds. The molecule has 1 fully saturated rings. The molecule has 1 saturated heterocycles. The van der Waals surface area contributed by atoms with Gasteiger partial charge < -0.3 is 16.4 Å². The first-order chi connectivity index (χ1) is 8.49. The van der Waals surface area contributed by atoms with E-state index in [-0.39, 0.29) is 10.7 Å². The number of carbonyl (C=O) groups is 3. The van der Waals surface area contributed by atoms with Crippen molar-refractivity contribution in [3.8, 4) is 0 Å². The molecular formula is C11H9N3O3S. The lowest BCUT2D eigenvalue weighted by atomic mass is 9.77. The fourth-order valence-corrected chi connectivity index (χ4v) is 2.03. The molecule has 18 heavy (non-hydrogen) atoms. The largest absolute Gasteiger partial charge is 0.368 e. The van der Waals surface area contributed by atoms with E-state index in [0.717, 1.165) is 0 Å². The molecule has 0 atom stereocenters. The van der Waals surface area contributed by atoms with Crippen LogP contribution in [-0.4, -0.2) is 22.8 Å². The van der Waals surface area contributed by atoms with Crippen molar-refractivity contribution >= 4 is 35.1 Å². The Labute approximate surface area is 108 Å². The standard InChI is InChI=1S/C11H9N3O3S/c12-7(15)11(6-4-2-1-3-5-6)8(16)13-10(18)14-9(11)17/h1-5H,(H2,12,15)(H2,13,14,16,17,18). The number of thiocarbonyl (C=S) groups is 1. The third-order valence-electron chi connectivity index (χ3n) is 2.71. The van der Waals surface area contributed by atoms with E-state index in [1.165, 1.54) is 12.1 Å². The molecule has 7 heteroatoms.